The minimum absolute atomic E-state index is 0.124. The van der Waals surface area contributed by atoms with E-state index in [-0.39, 0.29) is 11.8 Å². The molecule has 2 atom stereocenters. The zero-order chi connectivity index (χ0) is 11.3. The number of hydrogen-bond acceptors (Lipinski definition) is 4. The molecular weight excluding hydrogens is 215 g/mol. The summed E-state index contributed by atoms with van der Waals surface area (Å²) in [5, 5.41) is 9.55. The molecule has 0 aromatic carbocycles. The van der Waals surface area contributed by atoms with Crippen LogP contribution in [-0.2, 0) is 13.6 Å². The van der Waals surface area contributed by atoms with Crippen molar-refractivity contribution in [3.05, 3.63) is 0 Å². The van der Waals surface area contributed by atoms with Gasteiger partial charge in [0.25, 0.3) is 0 Å². The van der Waals surface area contributed by atoms with Gasteiger partial charge in [0, 0.05) is 0 Å². The maximum atomic E-state index is 12.4. The third-order valence-electron chi connectivity index (χ3n) is 2.68. The summed E-state index contributed by atoms with van der Waals surface area (Å²) in [5.74, 6) is 0. The molecule has 0 aromatic heterocycles. The molecule has 1 fully saturated rings. The Morgan fingerprint density at radius 2 is 1.87 bits per heavy atom. The minimum Gasteiger partial charge on any atom is -0.393 e. The number of aliphatic hydroxyl groups is 1. The first kappa shape index (κ1) is 13.2. The predicted octanol–water partition coefficient (Wildman–Crippen LogP) is 2.56. The Morgan fingerprint density at radius 1 is 1.27 bits per heavy atom. The molecule has 0 bridgehead atoms. The van der Waals surface area contributed by atoms with Gasteiger partial charge in [-0.15, -0.1) is 0 Å². The minimum atomic E-state index is -2.99. The normalized spacial score (nSPS) is 27.9. The maximum Gasteiger partial charge on any atom is 0.333 e. The number of hydrogen-bond donors (Lipinski definition) is 1. The molecule has 1 rings (SSSR count). The van der Waals surface area contributed by atoms with Gasteiger partial charge in [-0.05, 0) is 39.5 Å². The molecule has 0 radical (unpaired) electrons. The highest BCUT2D eigenvalue weighted by molar-refractivity contribution is 7.54. The van der Waals surface area contributed by atoms with E-state index in [2.05, 4.69) is 0 Å². The van der Waals surface area contributed by atoms with E-state index in [9.17, 15) is 9.67 Å². The first-order chi connectivity index (χ1) is 7.12. The SMILES string of the molecule is CCOP(=O)(OCC)C1CCCC(O)C1. The van der Waals surface area contributed by atoms with Crippen molar-refractivity contribution in [1.82, 2.24) is 0 Å². The molecule has 15 heavy (non-hydrogen) atoms. The van der Waals surface area contributed by atoms with Gasteiger partial charge >= 0.3 is 7.60 Å². The first-order valence-electron chi connectivity index (χ1n) is 5.69. The quantitative estimate of drug-likeness (QED) is 0.745. The largest absolute Gasteiger partial charge is 0.393 e. The van der Waals surface area contributed by atoms with Crippen LogP contribution in [0.5, 0.6) is 0 Å². The van der Waals surface area contributed by atoms with Crippen LogP contribution in [0.2, 0.25) is 0 Å². The molecule has 2 unspecified atom stereocenters. The van der Waals surface area contributed by atoms with Crippen molar-refractivity contribution < 1.29 is 18.7 Å². The van der Waals surface area contributed by atoms with Gasteiger partial charge < -0.3 is 14.2 Å². The molecule has 90 valence electrons. The van der Waals surface area contributed by atoms with Gasteiger partial charge in [0.05, 0.1) is 25.0 Å². The first-order valence-corrected chi connectivity index (χ1v) is 7.30. The monoisotopic (exact) mass is 236 g/mol. The fourth-order valence-electron chi connectivity index (χ4n) is 2.03. The molecular formula is C10H21O4P. The van der Waals surface area contributed by atoms with E-state index in [0.717, 1.165) is 19.3 Å². The second kappa shape index (κ2) is 6.00. The molecule has 4 nitrogen and oxygen atoms in total. The van der Waals surface area contributed by atoms with E-state index >= 15 is 0 Å². The standard InChI is InChI=1S/C10H21O4P/c1-3-13-15(12,14-4-2)10-7-5-6-9(11)8-10/h9-11H,3-8H2,1-2H3. The summed E-state index contributed by atoms with van der Waals surface area (Å²) in [6.45, 7) is 4.41. The van der Waals surface area contributed by atoms with Gasteiger partial charge in [0.15, 0.2) is 0 Å². The molecule has 1 saturated carbocycles. The highest BCUT2D eigenvalue weighted by Crippen LogP contribution is 2.57. The summed E-state index contributed by atoms with van der Waals surface area (Å²) in [7, 11) is -2.99. The van der Waals surface area contributed by atoms with Crippen molar-refractivity contribution in [2.24, 2.45) is 0 Å². The molecule has 0 saturated heterocycles. The van der Waals surface area contributed by atoms with E-state index in [4.69, 9.17) is 9.05 Å². The van der Waals surface area contributed by atoms with Crippen molar-refractivity contribution in [2.45, 2.75) is 51.3 Å². The average molecular weight is 236 g/mol. The lowest BCUT2D eigenvalue weighted by molar-refractivity contribution is 0.119. The van der Waals surface area contributed by atoms with Gasteiger partial charge in [-0.2, -0.15) is 0 Å². The molecule has 1 aliphatic rings. The lowest BCUT2D eigenvalue weighted by Crippen LogP contribution is -2.25. The molecule has 0 amide bonds. The van der Waals surface area contributed by atoms with Crippen LogP contribution in [-0.4, -0.2) is 30.1 Å². The van der Waals surface area contributed by atoms with Gasteiger partial charge in [0.2, 0.25) is 0 Å². The lowest BCUT2D eigenvalue weighted by atomic mass is 9.97. The summed E-state index contributed by atoms with van der Waals surface area (Å²) < 4.78 is 22.9. The highest BCUT2D eigenvalue weighted by Gasteiger charge is 2.38. The Hall–Kier alpha value is 0.110. The van der Waals surface area contributed by atoms with Crippen molar-refractivity contribution >= 4 is 7.60 Å². The summed E-state index contributed by atoms with van der Waals surface area (Å²) in [4.78, 5) is 0. The second-order valence-corrected chi connectivity index (χ2v) is 6.18. The topological polar surface area (TPSA) is 55.8 Å². The van der Waals surface area contributed by atoms with E-state index < -0.39 is 7.60 Å². The Bertz CT molecular complexity index is 221. The number of aliphatic hydroxyl groups excluding tert-OH is 1. The van der Waals surface area contributed by atoms with Crippen LogP contribution in [0.25, 0.3) is 0 Å². The van der Waals surface area contributed by atoms with Crippen LogP contribution in [0.3, 0.4) is 0 Å². The summed E-state index contributed by atoms with van der Waals surface area (Å²) in [6, 6.07) is 0. The zero-order valence-electron chi connectivity index (χ0n) is 9.52. The lowest BCUT2D eigenvalue weighted by Gasteiger charge is -2.31. The third kappa shape index (κ3) is 3.56. The summed E-state index contributed by atoms with van der Waals surface area (Å²) in [6.07, 6.45) is 2.72. The fourth-order valence-corrected chi connectivity index (χ4v) is 4.25. The van der Waals surface area contributed by atoms with E-state index in [1.807, 2.05) is 13.8 Å². The van der Waals surface area contributed by atoms with Crippen LogP contribution in [0, 0.1) is 0 Å². The van der Waals surface area contributed by atoms with Gasteiger partial charge in [-0.25, -0.2) is 0 Å². The Balaban J connectivity index is 2.65. The molecule has 1 N–H and O–H groups in total. The summed E-state index contributed by atoms with van der Waals surface area (Å²) in [5.41, 5.74) is -0.124. The van der Waals surface area contributed by atoms with E-state index in [0.29, 0.717) is 19.6 Å². The Kier molecular flexibility index (Phi) is 5.27. The number of rotatable bonds is 5. The second-order valence-electron chi connectivity index (χ2n) is 3.85. The highest BCUT2D eigenvalue weighted by atomic mass is 31.2. The zero-order valence-corrected chi connectivity index (χ0v) is 10.4. The maximum absolute atomic E-state index is 12.4. The van der Waals surface area contributed by atoms with E-state index in [1.54, 1.807) is 0 Å². The van der Waals surface area contributed by atoms with Crippen LogP contribution in [0.1, 0.15) is 39.5 Å². The molecule has 1 aliphatic carbocycles. The smallest absolute Gasteiger partial charge is 0.333 e. The van der Waals surface area contributed by atoms with Gasteiger partial charge in [0.1, 0.15) is 0 Å². The molecule has 0 aliphatic heterocycles. The van der Waals surface area contributed by atoms with Crippen LogP contribution >= 0.6 is 7.60 Å². The molecule has 0 heterocycles. The van der Waals surface area contributed by atoms with Crippen LogP contribution < -0.4 is 0 Å². The molecule has 0 spiro atoms. The van der Waals surface area contributed by atoms with Crippen LogP contribution in [0.15, 0.2) is 0 Å². The Labute approximate surface area is 91.5 Å². The van der Waals surface area contributed by atoms with Crippen molar-refractivity contribution in [3.63, 3.8) is 0 Å². The third-order valence-corrected chi connectivity index (χ3v) is 5.28. The summed E-state index contributed by atoms with van der Waals surface area (Å²) >= 11 is 0. The van der Waals surface area contributed by atoms with Gasteiger partial charge in [-0.1, -0.05) is 0 Å². The van der Waals surface area contributed by atoms with Crippen molar-refractivity contribution in [2.75, 3.05) is 13.2 Å². The predicted molar refractivity (Wildman–Crippen MR) is 59.1 cm³/mol. The average Bonchev–Trinajstić information content (AvgIpc) is 2.18. The van der Waals surface area contributed by atoms with Gasteiger partial charge in [-0.3, -0.25) is 4.57 Å². The molecule has 0 aromatic rings. The fraction of sp³-hybridized carbons (Fsp3) is 1.00. The molecule has 5 heteroatoms. The Morgan fingerprint density at radius 3 is 2.33 bits per heavy atom. The van der Waals surface area contributed by atoms with Crippen LogP contribution in [0.4, 0.5) is 0 Å². The van der Waals surface area contributed by atoms with Crippen molar-refractivity contribution in [3.8, 4) is 0 Å². The van der Waals surface area contributed by atoms with Crippen molar-refractivity contribution in [1.29, 1.82) is 0 Å². The van der Waals surface area contributed by atoms with E-state index in [1.165, 1.54) is 0 Å².